The summed E-state index contributed by atoms with van der Waals surface area (Å²) in [6, 6.07) is 17.5. The second-order valence-electron chi connectivity index (χ2n) is 8.79. The van der Waals surface area contributed by atoms with E-state index in [-0.39, 0.29) is 24.3 Å². The van der Waals surface area contributed by atoms with E-state index in [9.17, 15) is 14.7 Å². The molecule has 1 amide bonds. The summed E-state index contributed by atoms with van der Waals surface area (Å²) in [5, 5.41) is 13.7. The van der Waals surface area contributed by atoms with Crippen LogP contribution in [0.2, 0.25) is 0 Å². The maximum Gasteiger partial charge on any atom is 0.303 e. The van der Waals surface area contributed by atoms with Crippen molar-refractivity contribution < 1.29 is 19.5 Å². The molecule has 2 aliphatic rings. The largest absolute Gasteiger partial charge is 0.481 e. The van der Waals surface area contributed by atoms with Crippen molar-refractivity contribution in [2.24, 2.45) is 17.0 Å². The summed E-state index contributed by atoms with van der Waals surface area (Å²) in [4.78, 5) is 32.0. The quantitative estimate of drug-likeness (QED) is 0.632. The molecular formula is C26H30N2O4. The summed E-state index contributed by atoms with van der Waals surface area (Å²) < 4.78 is 0. The van der Waals surface area contributed by atoms with Crippen LogP contribution in [-0.4, -0.2) is 47.3 Å². The zero-order valence-corrected chi connectivity index (χ0v) is 18.4. The first-order chi connectivity index (χ1) is 15.6. The van der Waals surface area contributed by atoms with E-state index in [4.69, 9.17) is 4.84 Å². The number of carboxylic acid groups (broad SMARTS) is 1. The molecule has 1 saturated carbocycles. The number of carboxylic acids is 1. The lowest BCUT2D eigenvalue weighted by Gasteiger charge is -2.34. The Kier molecular flexibility index (Phi) is 6.88. The fraction of sp³-hybridized carbons (Fsp3) is 0.423. The van der Waals surface area contributed by atoms with Crippen molar-refractivity contribution in [3.8, 4) is 11.1 Å². The minimum Gasteiger partial charge on any atom is -0.481 e. The zero-order valence-electron chi connectivity index (χ0n) is 18.4. The smallest absolute Gasteiger partial charge is 0.303 e. The lowest BCUT2D eigenvalue weighted by atomic mass is 9.81. The van der Waals surface area contributed by atoms with Crippen LogP contribution >= 0.6 is 0 Å². The predicted molar refractivity (Wildman–Crippen MR) is 123 cm³/mol. The Morgan fingerprint density at radius 1 is 1.06 bits per heavy atom. The maximum atomic E-state index is 13.5. The van der Waals surface area contributed by atoms with Gasteiger partial charge in [-0.25, -0.2) is 0 Å². The zero-order chi connectivity index (χ0) is 22.5. The number of likely N-dealkylation sites (tertiary alicyclic amines) is 1. The van der Waals surface area contributed by atoms with Crippen molar-refractivity contribution in [3.05, 3.63) is 60.2 Å². The van der Waals surface area contributed by atoms with E-state index in [0.717, 1.165) is 42.5 Å². The van der Waals surface area contributed by atoms with Crippen LogP contribution in [0.4, 0.5) is 0 Å². The van der Waals surface area contributed by atoms with Gasteiger partial charge in [0.05, 0.1) is 18.7 Å². The van der Waals surface area contributed by atoms with Crippen LogP contribution in [0.5, 0.6) is 0 Å². The molecule has 1 unspecified atom stereocenters. The Balaban J connectivity index is 1.60. The lowest BCUT2D eigenvalue weighted by molar-refractivity contribution is -0.139. The predicted octanol–water partition coefficient (Wildman–Crippen LogP) is 4.85. The summed E-state index contributed by atoms with van der Waals surface area (Å²) in [6.07, 6.45) is 4.95. The summed E-state index contributed by atoms with van der Waals surface area (Å²) in [6.45, 7) is 0.376. The molecule has 1 aliphatic heterocycles. The maximum absolute atomic E-state index is 13.5. The number of nitrogens with zero attached hydrogens (tertiary/aromatic N) is 2. The topological polar surface area (TPSA) is 79.2 Å². The highest BCUT2D eigenvalue weighted by molar-refractivity contribution is 6.00. The summed E-state index contributed by atoms with van der Waals surface area (Å²) in [5.41, 5.74) is 3.55. The first kappa shape index (κ1) is 22.1. The fourth-order valence-corrected chi connectivity index (χ4v) is 5.34. The molecule has 1 saturated heterocycles. The van der Waals surface area contributed by atoms with E-state index in [0.29, 0.717) is 24.4 Å². The molecule has 0 radical (unpaired) electrons. The van der Waals surface area contributed by atoms with Crippen molar-refractivity contribution in [1.82, 2.24) is 4.90 Å². The SMILES string of the molecule is CO/N=C1\C[C@H](C(CC(=O)O)C2CCCC2)N(C(=O)c2ccc(-c3ccccc3)cc2)C1. The van der Waals surface area contributed by atoms with Gasteiger partial charge in [0.15, 0.2) is 0 Å². The highest BCUT2D eigenvalue weighted by atomic mass is 16.6. The number of oxime groups is 1. The van der Waals surface area contributed by atoms with Gasteiger partial charge in [-0.05, 0) is 35.1 Å². The molecular weight excluding hydrogens is 404 g/mol. The van der Waals surface area contributed by atoms with Crippen molar-refractivity contribution in [1.29, 1.82) is 0 Å². The number of hydrogen-bond donors (Lipinski definition) is 1. The van der Waals surface area contributed by atoms with Crippen LogP contribution in [0.1, 0.15) is 48.9 Å². The molecule has 0 spiro atoms. The molecule has 6 nitrogen and oxygen atoms in total. The Hall–Kier alpha value is -3.15. The van der Waals surface area contributed by atoms with E-state index in [1.165, 1.54) is 7.11 Å². The minimum absolute atomic E-state index is 0.0757. The Morgan fingerprint density at radius 2 is 1.72 bits per heavy atom. The molecule has 1 aliphatic carbocycles. The lowest BCUT2D eigenvalue weighted by Crippen LogP contribution is -2.43. The van der Waals surface area contributed by atoms with Gasteiger partial charge >= 0.3 is 5.97 Å². The highest BCUT2D eigenvalue weighted by Gasteiger charge is 2.43. The van der Waals surface area contributed by atoms with Gasteiger partial charge in [-0.1, -0.05) is 73.3 Å². The van der Waals surface area contributed by atoms with E-state index in [2.05, 4.69) is 5.16 Å². The molecule has 6 heteroatoms. The third-order valence-corrected chi connectivity index (χ3v) is 6.83. The molecule has 32 heavy (non-hydrogen) atoms. The van der Waals surface area contributed by atoms with E-state index in [1.54, 1.807) is 0 Å². The molecule has 2 fully saturated rings. The van der Waals surface area contributed by atoms with Crippen molar-refractivity contribution in [2.45, 2.75) is 44.6 Å². The number of carbonyl (C=O) groups excluding carboxylic acids is 1. The second-order valence-corrected chi connectivity index (χ2v) is 8.79. The fourth-order valence-electron chi connectivity index (χ4n) is 5.34. The van der Waals surface area contributed by atoms with Crippen LogP contribution < -0.4 is 0 Å². The average Bonchev–Trinajstić information content (AvgIpc) is 3.48. The van der Waals surface area contributed by atoms with Crippen LogP contribution in [-0.2, 0) is 9.63 Å². The number of benzene rings is 2. The second kappa shape index (κ2) is 9.98. The Morgan fingerprint density at radius 3 is 2.34 bits per heavy atom. The van der Waals surface area contributed by atoms with Gasteiger partial charge in [-0.2, -0.15) is 0 Å². The van der Waals surface area contributed by atoms with Gasteiger partial charge in [0.2, 0.25) is 0 Å². The highest BCUT2D eigenvalue weighted by Crippen LogP contribution is 2.39. The molecule has 0 aromatic heterocycles. The van der Waals surface area contributed by atoms with E-state index >= 15 is 0 Å². The number of carbonyl (C=O) groups is 2. The molecule has 2 atom stereocenters. The summed E-state index contributed by atoms with van der Waals surface area (Å²) in [5.74, 6) is -0.635. The third-order valence-electron chi connectivity index (χ3n) is 6.83. The number of rotatable bonds is 7. The van der Waals surface area contributed by atoms with Gasteiger partial charge in [0.25, 0.3) is 5.91 Å². The first-order valence-electron chi connectivity index (χ1n) is 11.3. The van der Waals surface area contributed by atoms with Crippen LogP contribution in [0.15, 0.2) is 59.8 Å². The summed E-state index contributed by atoms with van der Waals surface area (Å²) >= 11 is 0. The number of amides is 1. The molecule has 2 aromatic carbocycles. The molecule has 168 valence electrons. The Bertz CT molecular complexity index is 965. The monoisotopic (exact) mass is 434 g/mol. The Labute approximate surface area is 188 Å². The number of hydrogen-bond acceptors (Lipinski definition) is 4. The summed E-state index contributed by atoms with van der Waals surface area (Å²) in [7, 11) is 1.50. The van der Waals surface area contributed by atoms with Crippen LogP contribution in [0, 0.1) is 11.8 Å². The third kappa shape index (κ3) is 4.85. The van der Waals surface area contributed by atoms with E-state index < -0.39 is 5.97 Å². The van der Waals surface area contributed by atoms with Crippen LogP contribution in [0.3, 0.4) is 0 Å². The van der Waals surface area contributed by atoms with Gasteiger partial charge in [0.1, 0.15) is 7.11 Å². The molecule has 2 aromatic rings. The minimum atomic E-state index is -0.807. The van der Waals surface area contributed by atoms with Gasteiger partial charge in [-0.15, -0.1) is 0 Å². The number of aliphatic carboxylic acids is 1. The van der Waals surface area contributed by atoms with Gasteiger partial charge in [-0.3, -0.25) is 9.59 Å². The van der Waals surface area contributed by atoms with Gasteiger partial charge in [0, 0.05) is 18.0 Å². The molecule has 1 N–H and O–H groups in total. The van der Waals surface area contributed by atoms with Gasteiger partial charge < -0.3 is 14.8 Å². The normalized spacial score (nSPS) is 21.1. The van der Waals surface area contributed by atoms with Crippen molar-refractivity contribution >= 4 is 17.6 Å². The van der Waals surface area contributed by atoms with Crippen molar-refractivity contribution in [3.63, 3.8) is 0 Å². The van der Waals surface area contributed by atoms with E-state index in [1.807, 2.05) is 59.5 Å². The van der Waals surface area contributed by atoms with Crippen LogP contribution in [0.25, 0.3) is 11.1 Å². The standard InChI is InChI=1S/C26H30N2O4/c1-32-27-22-15-24(23(16-25(29)30)20-9-5-6-10-20)28(17-22)26(31)21-13-11-19(12-14-21)18-7-3-2-4-8-18/h2-4,7-8,11-14,20,23-24H,5-6,9-10,15-17H2,1H3,(H,29,30)/b27-22+/t23?,24-/m1/s1. The first-order valence-corrected chi connectivity index (χ1v) is 11.3. The molecule has 0 bridgehead atoms. The average molecular weight is 435 g/mol. The van der Waals surface area contributed by atoms with Crippen molar-refractivity contribution in [2.75, 3.05) is 13.7 Å². The molecule has 4 rings (SSSR count). The molecule has 1 heterocycles.